The number of fused-ring (bicyclic) bond motifs is 5. The van der Waals surface area contributed by atoms with Crippen LogP contribution in [0.4, 0.5) is 5.69 Å². The van der Waals surface area contributed by atoms with Crippen molar-refractivity contribution in [3.8, 4) is 5.75 Å². The average molecular weight is 413 g/mol. The van der Waals surface area contributed by atoms with Crippen LogP contribution in [0.1, 0.15) is 38.1 Å². The van der Waals surface area contributed by atoms with Crippen LogP contribution in [0.5, 0.6) is 5.75 Å². The van der Waals surface area contributed by atoms with Crippen LogP contribution in [0.25, 0.3) is 32.6 Å². The number of nitrogens with one attached hydrogen (secondary N) is 2. The first-order valence-electron chi connectivity index (χ1n) is 10.7. The summed E-state index contributed by atoms with van der Waals surface area (Å²) in [6.07, 6.45) is 0. The summed E-state index contributed by atoms with van der Waals surface area (Å²) in [7, 11) is 0. The Balaban J connectivity index is 0.000000645. The van der Waals surface area contributed by atoms with E-state index in [0.29, 0.717) is 5.69 Å². The van der Waals surface area contributed by atoms with Gasteiger partial charge in [-0.3, -0.25) is 4.79 Å². The second-order valence-corrected chi connectivity index (χ2v) is 6.57. The number of aromatic amines is 1. The Kier molecular flexibility index (Phi) is 6.93. The largest absolute Gasteiger partial charge is 0.507 e. The molecule has 4 heteroatoms. The van der Waals surface area contributed by atoms with E-state index in [0.717, 1.165) is 32.6 Å². The normalized spacial score (nSPS) is 10.2. The third-order valence-corrected chi connectivity index (χ3v) is 4.89. The molecule has 0 aliphatic heterocycles. The summed E-state index contributed by atoms with van der Waals surface area (Å²) >= 11 is 0. The number of anilines is 1. The fourth-order valence-electron chi connectivity index (χ4n) is 3.58. The minimum atomic E-state index is -0.336. The summed E-state index contributed by atoms with van der Waals surface area (Å²) in [5, 5.41) is 17.3. The fourth-order valence-corrected chi connectivity index (χ4v) is 3.58. The van der Waals surface area contributed by atoms with Crippen LogP contribution in [0.15, 0.2) is 78.9 Å². The van der Waals surface area contributed by atoms with Gasteiger partial charge in [0.1, 0.15) is 5.75 Å². The van der Waals surface area contributed by atoms with E-state index in [1.165, 1.54) is 0 Å². The van der Waals surface area contributed by atoms with Crippen LogP contribution < -0.4 is 5.32 Å². The monoisotopic (exact) mass is 412 g/mol. The topological polar surface area (TPSA) is 65.1 Å². The molecule has 0 bridgehead atoms. The van der Waals surface area contributed by atoms with Gasteiger partial charge < -0.3 is 15.4 Å². The lowest BCUT2D eigenvalue weighted by molar-refractivity contribution is 0.102. The Hall–Kier alpha value is -3.79. The number of para-hydroxylation sites is 2. The maximum atomic E-state index is 12.6. The molecule has 5 rings (SSSR count). The van der Waals surface area contributed by atoms with Gasteiger partial charge in [0.2, 0.25) is 0 Å². The first kappa shape index (κ1) is 21.9. The summed E-state index contributed by atoms with van der Waals surface area (Å²) in [5.74, 6) is -0.376. The molecular formula is C27H28N2O2. The molecule has 0 saturated heterocycles. The van der Waals surface area contributed by atoms with Gasteiger partial charge in [-0.25, -0.2) is 0 Å². The van der Waals surface area contributed by atoms with Gasteiger partial charge in [0, 0.05) is 27.4 Å². The number of hydrogen-bond donors (Lipinski definition) is 3. The summed E-state index contributed by atoms with van der Waals surface area (Å²) in [5.41, 5.74) is 2.94. The molecule has 0 aliphatic rings. The molecule has 4 nitrogen and oxygen atoms in total. The molecule has 0 spiro atoms. The van der Waals surface area contributed by atoms with Crippen molar-refractivity contribution in [2.24, 2.45) is 0 Å². The molecule has 31 heavy (non-hydrogen) atoms. The van der Waals surface area contributed by atoms with Gasteiger partial charge in [0.05, 0.1) is 11.1 Å². The number of benzene rings is 4. The smallest absolute Gasteiger partial charge is 0.259 e. The minimum absolute atomic E-state index is 0.0397. The van der Waals surface area contributed by atoms with E-state index in [-0.39, 0.29) is 17.2 Å². The second kappa shape index (κ2) is 9.81. The molecule has 4 aromatic carbocycles. The highest BCUT2D eigenvalue weighted by Crippen LogP contribution is 2.34. The number of phenols is 1. The predicted octanol–water partition coefficient (Wildman–Crippen LogP) is 7.48. The molecule has 1 heterocycles. The zero-order chi connectivity index (χ0) is 22.4. The van der Waals surface area contributed by atoms with Crippen molar-refractivity contribution >= 4 is 44.2 Å². The second-order valence-electron chi connectivity index (χ2n) is 6.57. The van der Waals surface area contributed by atoms with E-state index in [1.807, 2.05) is 88.4 Å². The van der Waals surface area contributed by atoms with Crippen molar-refractivity contribution < 1.29 is 9.90 Å². The van der Waals surface area contributed by atoms with Gasteiger partial charge in [-0.1, -0.05) is 76.2 Å². The Morgan fingerprint density at radius 2 is 1.45 bits per heavy atom. The number of H-pyrrole nitrogens is 1. The van der Waals surface area contributed by atoms with E-state index < -0.39 is 0 Å². The fraction of sp³-hybridized carbons (Fsp3) is 0.148. The molecule has 1 amide bonds. The zero-order valence-electron chi connectivity index (χ0n) is 18.4. The maximum absolute atomic E-state index is 12.6. The number of carbonyl (C=O) groups is 1. The number of rotatable bonds is 2. The Labute approximate surface area is 182 Å². The molecule has 0 unspecified atom stereocenters. The molecule has 0 atom stereocenters. The summed E-state index contributed by atoms with van der Waals surface area (Å²) in [6, 6.07) is 24.7. The summed E-state index contributed by atoms with van der Waals surface area (Å²) in [6.45, 7) is 8.00. The van der Waals surface area contributed by atoms with E-state index >= 15 is 0 Å². The van der Waals surface area contributed by atoms with E-state index in [1.54, 1.807) is 12.1 Å². The van der Waals surface area contributed by atoms with E-state index in [9.17, 15) is 9.90 Å². The summed E-state index contributed by atoms with van der Waals surface area (Å²) in [4.78, 5) is 16.0. The van der Waals surface area contributed by atoms with Crippen LogP contribution in [-0.2, 0) is 0 Å². The van der Waals surface area contributed by atoms with Gasteiger partial charge in [-0.15, -0.1) is 0 Å². The minimum Gasteiger partial charge on any atom is -0.507 e. The van der Waals surface area contributed by atoms with Crippen LogP contribution in [0, 0.1) is 0 Å². The van der Waals surface area contributed by atoms with Crippen LogP contribution in [0.2, 0.25) is 0 Å². The van der Waals surface area contributed by atoms with Crippen LogP contribution in [-0.4, -0.2) is 16.0 Å². The van der Waals surface area contributed by atoms with Gasteiger partial charge in [0.25, 0.3) is 5.91 Å². The van der Waals surface area contributed by atoms with Gasteiger partial charge in [-0.2, -0.15) is 0 Å². The van der Waals surface area contributed by atoms with Gasteiger partial charge >= 0.3 is 0 Å². The molecule has 1 aromatic heterocycles. The molecule has 0 fully saturated rings. The Morgan fingerprint density at radius 3 is 2.19 bits per heavy atom. The number of hydrogen-bond acceptors (Lipinski definition) is 2. The highest BCUT2D eigenvalue weighted by molar-refractivity contribution is 6.18. The highest BCUT2D eigenvalue weighted by Gasteiger charge is 2.15. The average Bonchev–Trinajstić information content (AvgIpc) is 3.21. The predicted molar refractivity (Wildman–Crippen MR) is 132 cm³/mol. The molecule has 3 N–H and O–H groups in total. The SMILES string of the molecule is CC.CC.O=C(Nc1ccccc1)c1cc2ccc3c4ccccc4[nH]c3c2cc1O. The lowest BCUT2D eigenvalue weighted by Crippen LogP contribution is -2.12. The van der Waals surface area contributed by atoms with Crippen molar-refractivity contribution in [3.05, 3.63) is 84.4 Å². The van der Waals surface area contributed by atoms with Crippen LogP contribution >= 0.6 is 0 Å². The Morgan fingerprint density at radius 1 is 0.774 bits per heavy atom. The Bertz CT molecular complexity index is 1320. The summed E-state index contributed by atoms with van der Waals surface area (Å²) < 4.78 is 0. The van der Waals surface area contributed by atoms with Crippen molar-refractivity contribution in [2.45, 2.75) is 27.7 Å². The quantitative estimate of drug-likeness (QED) is 0.281. The molecule has 0 radical (unpaired) electrons. The van der Waals surface area contributed by atoms with Crippen molar-refractivity contribution in [1.82, 2.24) is 4.98 Å². The standard InChI is InChI=1S/C23H16N2O2.2C2H6/c26-21-13-18-14(12-19(21)23(27)24-15-6-2-1-3-7-15)10-11-17-16-8-4-5-9-20(16)25-22(17)18;2*1-2/h1-13,25-26H,(H,24,27);2*1-2H3. The molecular weight excluding hydrogens is 384 g/mol. The zero-order valence-corrected chi connectivity index (χ0v) is 18.4. The molecule has 158 valence electrons. The number of carbonyl (C=O) groups excluding carboxylic acids is 1. The molecule has 5 aromatic rings. The van der Waals surface area contributed by atoms with Gasteiger partial charge in [0.15, 0.2) is 0 Å². The third-order valence-electron chi connectivity index (χ3n) is 4.89. The number of amides is 1. The number of phenolic OH excluding ortho intramolecular Hbond substituents is 1. The number of aromatic nitrogens is 1. The van der Waals surface area contributed by atoms with Crippen LogP contribution in [0.3, 0.4) is 0 Å². The van der Waals surface area contributed by atoms with Crippen molar-refractivity contribution in [3.63, 3.8) is 0 Å². The first-order valence-corrected chi connectivity index (χ1v) is 10.7. The highest BCUT2D eigenvalue weighted by atomic mass is 16.3. The van der Waals surface area contributed by atoms with E-state index in [2.05, 4.69) is 16.4 Å². The third kappa shape index (κ3) is 4.24. The van der Waals surface area contributed by atoms with E-state index in [4.69, 9.17) is 0 Å². The molecule has 0 saturated carbocycles. The number of aromatic hydroxyl groups is 1. The van der Waals surface area contributed by atoms with Crippen molar-refractivity contribution in [2.75, 3.05) is 5.32 Å². The molecule has 0 aliphatic carbocycles. The first-order chi connectivity index (χ1) is 15.2. The van der Waals surface area contributed by atoms with Gasteiger partial charge in [-0.05, 0) is 35.7 Å². The lowest BCUT2D eigenvalue weighted by Gasteiger charge is -2.09. The van der Waals surface area contributed by atoms with Crippen molar-refractivity contribution in [1.29, 1.82) is 0 Å². The maximum Gasteiger partial charge on any atom is 0.259 e. The lowest BCUT2D eigenvalue weighted by atomic mass is 10.0.